The van der Waals surface area contributed by atoms with Gasteiger partial charge in [-0.25, -0.2) is 9.98 Å². The van der Waals surface area contributed by atoms with Crippen LogP contribution in [-0.2, 0) is 29.0 Å². The summed E-state index contributed by atoms with van der Waals surface area (Å²) in [5.74, 6) is 3.13. The molecule has 10 heteroatoms. The lowest BCUT2D eigenvalue weighted by Gasteiger charge is -2.31. The van der Waals surface area contributed by atoms with Gasteiger partial charge in [-0.05, 0) is 31.0 Å². The van der Waals surface area contributed by atoms with Crippen molar-refractivity contribution in [3.05, 3.63) is 35.9 Å². The van der Waals surface area contributed by atoms with Gasteiger partial charge < -0.3 is 14.1 Å². The minimum absolute atomic E-state index is 0.384. The molecule has 3 aromatic rings. The minimum Gasteiger partial charge on any atom is -0.463 e. The number of hydrogen-bond acceptors (Lipinski definition) is 8. The van der Waals surface area contributed by atoms with Crippen LogP contribution < -0.4 is 4.90 Å². The van der Waals surface area contributed by atoms with Gasteiger partial charge in [-0.15, -0.1) is 0 Å². The Morgan fingerprint density at radius 3 is 2.74 bits per heavy atom. The molecule has 2 saturated heterocycles. The van der Waals surface area contributed by atoms with E-state index in [2.05, 4.69) is 11.0 Å². The second kappa shape index (κ2) is 9.07. The zero-order chi connectivity index (χ0) is 23.1. The second-order valence-electron chi connectivity index (χ2n) is 9.03. The van der Waals surface area contributed by atoms with Crippen molar-refractivity contribution in [1.82, 2.24) is 19.7 Å². The van der Waals surface area contributed by atoms with E-state index in [0.29, 0.717) is 36.7 Å². The Kier molecular flexibility index (Phi) is 5.78. The molecule has 1 unspecified atom stereocenters. The van der Waals surface area contributed by atoms with Crippen molar-refractivity contribution in [3.8, 4) is 11.5 Å². The van der Waals surface area contributed by atoms with Crippen LogP contribution in [0.4, 0.5) is 11.8 Å². The number of hydrogen-bond donors (Lipinski definition) is 0. The van der Waals surface area contributed by atoms with Gasteiger partial charge in [-0.3, -0.25) is 8.89 Å². The maximum Gasteiger partial charge on any atom is 0.227 e. The number of aromatic nitrogens is 4. The number of anilines is 1. The van der Waals surface area contributed by atoms with Gasteiger partial charge in [0.2, 0.25) is 5.95 Å². The Labute approximate surface area is 200 Å². The zero-order valence-electron chi connectivity index (χ0n) is 19.3. The van der Waals surface area contributed by atoms with Crippen LogP contribution in [0.25, 0.3) is 11.5 Å². The average molecular weight is 481 g/mol. The van der Waals surface area contributed by atoms with E-state index in [1.807, 2.05) is 23.9 Å². The molecule has 178 valence electrons. The highest BCUT2D eigenvalue weighted by Gasteiger charge is 2.30. The van der Waals surface area contributed by atoms with E-state index in [4.69, 9.17) is 29.2 Å². The Bertz CT molecular complexity index is 1240. The largest absolute Gasteiger partial charge is 0.463 e. The molecule has 0 aliphatic carbocycles. The zero-order valence-corrected chi connectivity index (χ0v) is 20.1. The van der Waals surface area contributed by atoms with Gasteiger partial charge in [0.1, 0.15) is 10.6 Å². The fourth-order valence-electron chi connectivity index (χ4n) is 4.97. The number of ether oxygens (including phenoxy) is 1. The Morgan fingerprint density at radius 2 is 1.97 bits per heavy atom. The molecule has 6 heterocycles. The number of furan rings is 1. The summed E-state index contributed by atoms with van der Waals surface area (Å²) in [4.78, 5) is 17.5. The van der Waals surface area contributed by atoms with E-state index in [0.717, 1.165) is 78.6 Å². The summed E-state index contributed by atoms with van der Waals surface area (Å²) in [6.07, 6.45) is 5.96. The third kappa shape index (κ3) is 4.09. The third-order valence-electron chi connectivity index (χ3n) is 6.86. The summed E-state index contributed by atoms with van der Waals surface area (Å²) >= 11 is 0. The van der Waals surface area contributed by atoms with Crippen LogP contribution in [-0.4, -0.2) is 61.7 Å². The quantitative estimate of drug-likeness (QED) is 0.564. The second-order valence-corrected chi connectivity index (χ2v) is 10.5. The van der Waals surface area contributed by atoms with E-state index in [1.165, 1.54) is 0 Å². The third-order valence-corrected chi connectivity index (χ3v) is 8.31. The molecule has 3 aliphatic rings. The van der Waals surface area contributed by atoms with Gasteiger partial charge in [0.15, 0.2) is 11.6 Å². The van der Waals surface area contributed by atoms with Crippen LogP contribution >= 0.6 is 0 Å². The highest BCUT2D eigenvalue weighted by atomic mass is 32.2. The monoisotopic (exact) mass is 480 g/mol. The van der Waals surface area contributed by atoms with E-state index >= 15 is 0 Å². The summed E-state index contributed by atoms with van der Waals surface area (Å²) in [7, 11) is 0.888. The van der Waals surface area contributed by atoms with Gasteiger partial charge in [0.25, 0.3) is 0 Å². The molecule has 0 spiro atoms. The first-order valence-electron chi connectivity index (χ1n) is 11.9. The van der Waals surface area contributed by atoms with Gasteiger partial charge in [-0.2, -0.15) is 10.1 Å². The van der Waals surface area contributed by atoms with Crippen molar-refractivity contribution in [3.63, 3.8) is 0 Å². The average Bonchev–Trinajstić information content (AvgIpc) is 3.60. The molecule has 0 radical (unpaired) electrons. The van der Waals surface area contributed by atoms with Crippen molar-refractivity contribution >= 4 is 28.3 Å². The minimum atomic E-state index is -1.07. The molecular weight excluding hydrogens is 452 g/mol. The first-order valence-corrected chi connectivity index (χ1v) is 13.2. The van der Waals surface area contributed by atoms with Crippen molar-refractivity contribution in [2.45, 2.75) is 42.9 Å². The summed E-state index contributed by atoms with van der Waals surface area (Å²) in [5, 5.41) is 4.77. The number of fused-ring (bicyclic) bond motifs is 1. The van der Waals surface area contributed by atoms with Gasteiger partial charge in [-0.1, -0.05) is 0 Å². The van der Waals surface area contributed by atoms with E-state index < -0.39 is 10.8 Å². The van der Waals surface area contributed by atoms with Crippen LogP contribution in [0.3, 0.4) is 0 Å². The van der Waals surface area contributed by atoms with Gasteiger partial charge in [0.05, 0.1) is 41.7 Å². The SMILES string of the molecule is Cn1nc(C2CCN(c3nc4c(c(N=C5CCOCC5)n3)S(=O)CC4)CC2)cc1-c1ccco1. The molecule has 6 rings (SSSR count). The molecule has 1 atom stereocenters. The fourth-order valence-corrected chi connectivity index (χ4v) is 6.26. The number of aliphatic imine (C=N–C) groups is 1. The highest BCUT2D eigenvalue weighted by Crippen LogP contribution is 2.35. The summed E-state index contributed by atoms with van der Waals surface area (Å²) in [6, 6.07) is 6.00. The first kappa shape index (κ1) is 21.7. The standard InChI is InChI=1S/C24H28N6O3S/c1-29-20(21-3-2-11-33-21)15-19(28-29)16-4-9-30(10-5-16)24-26-18-8-14-34(31)22(18)23(27-24)25-17-6-12-32-13-7-17/h2-3,11,15-16H,4-10,12-14H2,1H3. The van der Waals surface area contributed by atoms with E-state index in [-0.39, 0.29) is 0 Å². The van der Waals surface area contributed by atoms with Crippen molar-refractivity contribution < 1.29 is 13.4 Å². The molecular formula is C24H28N6O3S. The van der Waals surface area contributed by atoms with Crippen LogP contribution in [0.2, 0.25) is 0 Å². The lowest BCUT2D eigenvalue weighted by molar-refractivity contribution is 0.135. The topological polar surface area (TPSA) is 98.6 Å². The van der Waals surface area contributed by atoms with Gasteiger partial charge >= 0.3 is 0 Å². The Balaban J connectivity index is 1.22. The number of piperidine rings is 1. The molecule has 0 N–H and O–H groups in total. The predicted molar refractivity (Wildman–Crippen MR) is 129 cm³/mol. The molecule has 0 aromatic carbocycles. The molecule has 3 aliphatic heterocycles. The lowest BCUT2D eigenvalue weighted by atomic mass is 9.93. The predicted octanol–water partition coefficient (Wildman–Crippen LogP) is 3.40. The highest BCUT2D eigenvalue weighted by molar-refractivity contribution is 7.85. The molecule has 0 amide bonds. The smallest absolute Gasteiger partial charge is 0.227 e. The van der Waals surface area contributed by atoms with Crippen molar-refractivity contribution in [1.29, 1.82) is 0 Å². The molecule has 2 fully saturated rings. The van der Waals surface area contributed by atoms with Gasteiger partial charge in [0, 0.05) is 56.8 Å². The Morgan fingerprint density at radius 1 is 1.15 bits per heavy atom. The molecule has 0 saturated carbocycles. The van der Waals surface area contributed by atoms with Crippen molar-refractivity contribution in [2.75, 3.05) is 37.0 Å². The number of aryl methyl sites for hydroxylation is 2. The van der Waals surface area contributed by atoms with E-state index in [9.17, 15) is 4.21 Å². The summed E-state index contributed by atoms with van der Waals surface area (Å²) in [6.45, 7) is 3.07. The molecule has 9 nitrogen and oxygen atoms in total. The lowest BCUT2D eigenvalue weighted by Crippen LogP contribution is -2.34. The number of nitrogens with zero attached hydrogens (tertiary/aromatic N) is 6. The van der Waals surface area contributed by atoms with Crippen LogP contribution in [0, 0.1) is 0 Å². The van der Waals surface area contributed by atoms with E-state index in [1.54, 1.807) is 6.26 Å². The molecule has 0 bridgehead atoms. The van der Waals surface area contributed by atoms with Crippen LogP contribution in [0.1, 0.15) is 43.0 Å². The maximum absolute atomic E-state index is 12.6. The van der Waals surface area contributed by atoms with Crippen LogP contribution in [0.15, 0.2) is 38.8 Å². The molecule has 34 heavy (non-hydrogen) atoms. The first-order chi connectivity index (χ1) is 16.7. The summed E-state index contributed by atoms with van der Waals surface area (Å²) in [5.41, 5.74) is 4.06. The van der Waals surface area contributed by atoms with Crippen molar-refractivity contribution in [2.24, 2.45) is 12.0 Å². The maximum atomic E-state index is 12.6. The summed E-state index contributed by atoms with van der Waals surface area (Å²) < 4.78 is 25.5. The normalized spacial score (nSPS) is 21.1. The molecule has 3 aromatic heterocycles. The number of rotatable bonds is 4. The Hall–Kier alpha value is -2.85. The fraction of sp³-hybridized carbons (Fsp3) is 0.500. The van der Waals surface area contributed by atoms with Crippen LogP contribution in [0.5, 0.6) is 0 Å².